The molecule has 0 spiro atoms. The van der Waals surface area contributed by atoms with Gasteiger partial charge in [0.25, 0.3) is 0 Å². The Morgan fingerprint density at radius 1 is 1.50 bits per heavy atom. The molecule has 0 aromatic carbocycles. The van der Waals surface area contributed by atoms with Crippen molar-refractivity contribution < 1.29 is 14.9 Å². The van der Waals surface area contributed by atoms with Crippen molar-refractivity contribution in [3.05, 3.63) is 0 Å². The zero-order chi connectivity index (χ0) is 11.0. The number of nitrogens with one attached hydrogen (secondary N) is 1. The second kappa shape index (κ2) is 8.49. The molecule has 0 aromatic rings. The van der Waals surface area contributed by atoms with Crippen LogP contribution in [0, 0.1) is 0 Å². The first-order valence-electron chi connectivity index (χ1n) is 4.69. The predicted octanol–water partition coefficient (Wildman–Crippen LogP) is -0.304. The zero-order valence-corrected chi connectivity index (χ0v) is 9.88. The summed E-state index contributed by atoms with van der Waals surface area (Å²) < 4.78 is 4.80. The molecule has 4 nitrogen and oxygen atoms in total. The average Bonchev–Trinajstić information content (AvgIpc) is 2.17. The summed E-state index contributed by atoms with van der Waals surface area (Å²) in [5.41, 5.74) is 0. The lowest BCUT2D eigenvalue weighted by molar-refractivity contribution is 0.0626. The molecule has 86 valence electrons. The SMILES string of the molecule is COCC(O)CNC(C)C(CO)SC. The van der Waals surface area contributed by atoms with Gasteiger partial charge in [0.15, 0.2) is 0 Å². The number of rotatable bonds is 8. The third-order valence-electron chi connectivity index (χ3n) is 2.07. The first-order valence-corrected chi connectivity index (χ1v) is 5.98. The van der Waals surface area contributed by atoms with Gasteiger partial charge in [0.2, 0.25) is 0 Å². The Hall–Kier alpha value is 0.190. The fourth-order valence-electron chi connectivity index (χ4n) is 1.14. The van der Waals surface area contributed by atoms with Crippen molar-refractivity contribution in [3.8, 4) is 0 Å². The minimum absolute atomic E-state index is 0.149. The molecule has 0 aliphatic rings. The predicted molar refractivity (Wildman–Crippen MR) is 59.7 cm³/mol. The summed E-state index contributed by atoms with van der Waals surface area (Å²) in [4.78, 5) is 0. The molecular formula is C9H21NO3S. The van der Waals surface area contributed by atoms with Crippen LogP contribution in [0.1, 0.15) is 6.92 Å². The number of aliphatic hydroxyl groups excluding tert-OH is 2. The maximum absolute atomic E-state index is 9.37. The van der Waals surface area contributed by atoms with E-state index < -0.39 is 6.10 Å². The fourth-order valence-corrected chi connectivity index (χ4v) is 1.80. The van der Waals surface area contributed by atoms with E-state index in [1.807, 2.05) is 13.2 Å². The van der Waals surface area contributed by atoms with Crippen LogP contribution in [-0.4, -0.2) is 60.7 Å². The Morgan fingerprint density at radius 3 is 2.57 bits per heavy atom. The Bertz CT molecular complexity index is 133. The molecular weight excluding hydrogens is 202 g/mol. The lowest BCUT2D eigenvalue weighted by Crippen LogP contribution is -2.42. The van der Waals surface area contributed by atoms with Gasteiger partial charge in [-0.1, -0.05) is 0 Å². The van der Waals surface area contributed by atoms with Crippen molar-refractivity contribution in [2.75, 3.05) is 33.1 Å². The van der Waals surface area contributed by atoms with Gasteiger partial charge in [0.1, 0.15) is 0 Å². The first kappa shape index (κ1) is 14.2. The molecule has 0 heterocycles. The van der Waals surface area contributed by atoms with E-state index in [0.717, 1.165) is 0 Å². The smallest absolute Gasteiger partial charge is 0.0897 e. The summed E-state index contributed by atoms with van der Waals surface area (Å²) in [5, 5.41) is 21.7. The number of hydrogen-bond acceptors (Lipinski definition) is 5. The van der Waals surface area contributed by atoms with E-state index in [0.29, 0.717) is 13.2 Å². The molecule has 0 fully saturated rings. The average molecular weight is 223 g/mol. The Labute approximate surface area is 90.0 Å². The number of aliphatic hydroxyl groups is 2. The normalized spacial score (nSPS) is 17.8. The highest BCUT2D eigenvalue weighted by atomic mass is 32.2. The van der Waals surface area contributed by atoms with E-state index in [1.54, 1.807) is 18.9 Å². The van der Waals surface area contributed by atoms with Crippen LogP contribution in [0.5, 0.6) is 0 Å². The summed E-state index contributed by atoms with van der Waals surface area (Å²) in [7, 11) is 1.56. The topological polar surface area (TPSA) is 61.7 Å². The highest BCUT2D eigenvalue weighted by Crippen LogP contribution is 2.09. The van der Waals surface area contributed by atoms with Crippen LogP contribution in [0.15, 0.2) is 0 Å². The van der Waals surface area contributed by atoms with Gasteiger partial charge in [-0.25, -0.2) is 0 Å². The molecule has 3 atom stereocenters. The van der Waals surface area contributed by atoms with Crippen LogP contribution in [0.4, 0.5) is 0 Å². The largest absolute Gasteiger partial charge is 0.395 e. The summed E-state index contributed by atoms with van der Waals surface area (Å²) in [6.07, 6.45) is 1.48. The molecule has 3 N–H and O–H groups in total. The fraction of sp³-hybridized carbons (Fsp3) is 1.00. The first-order chi connectivity index (χ1) is 6.65. The lowest BCUT2D eigenvalue weighted by Gasteiger charge is -2.22. The van der Waals surface area contributed by atoms with Gasteiger partial charge in [-0.2, -0.15) is 11.8 Å². The molecule has 0 amide bonds. The molecule has 0 aromatic heterocycles. The summed E-state index contributed by atoms with van der Waals surface area (Å²) in [6, 6.07) is 0.182. The van der Waals surface area contributed by atoms with Crippen molar-refractivity contribution in [3.63, 3.8) is 0 Å². The summed E-state index contributed by atoms with van der Waals surface area (Å²) in [5.74, 6) is 0. The van der Waals surface area contributed by atoms with Gasteiger partial charge in [-0.3, -0.25) is 0 Å². The van der Waals surface area contributed by atoms with Gasteiger partial charge in [-0.15, -0.1) is 0 Å². The highest BCUT2D eigenvalue weighted by molar-refractivity contribution is 7.99. The minimum atomic E-state index is -0.483. The van der Waals surface area contributed by atoms with Crippen LogP contribution in [-0.2, 0) is 4.74 Å². The maximum Gasteiger partial charge on any atom is 0.0897 e. The lowest BCUT2D eigenvalue weighted by atomic mass is 10.2. The van der Waals surface area contributed by atoms with Gasteiger partial charge < -0.3 is 20.3 Å². The number of thioether (sulfide) groups is 1. The van der Waals surface area contributed by atoms with Crippen molar-refractivity contribution in [2.24, 2.45) is 0 Å². The van der Waals surface area contributed by atoms with E-state index in [2.05, 4.69) is 5.32 Å². The molecule has 0 bridgehead atoms. The molecule has 0 rings (SSSR count). The molecule has 0 saturated carbocycles. The van der Waals surface area contributed by atoms with E-state index >= 15 is 0 Å². The third-order valence-corrected chi connectivity index (χ3v) is 3.24. The summed E-state index contributed by atoms with van der Waals surface area (Å²) in [6.45, 7) is 2.97. The van der Waals surface area contributed by atoms with Crippen LogP contribution in [0.2, 0.25) is 0 Å². The van der Waals surface area contributed by atoms with E-state index in [9.17, 15) is 5.11 Å². The van der Waals surface area contributed by atoms with E-state index in [4.69, 9.17) is 9.84 Å². The quantitative estimate of drug-likeness (QED) is 0.527. The van der Waals surface area contributed by atoms with Gasteiger partial charge >= 0.3 is 0 Å². The molecule has 3 unspecified atom stereocenters. The molecule has 14 heavy (non-hydrogen) atoms. The van der Waals surface area contributed by atoms with Gasteiger partial charge in [0, 0.05) is 24.9 Å². The second-order valence-corrected chi connectivity index (χ2v) is 4.34. The van der Waals surface area contributed by atoms with Crippen LogP contribution in [0.25, 0.3) is 0 Å². The zero-order valence-electron chi connectivity index (χ0n) is 9.06. The van der Waals surface area contributed by atoms with Crippen LogP contribution < -0.4 is 5.32 Å². The Morgan fingerprint density at radius 2 is 2.14 bits per heavy atom. The van der Waals surface area contributed by atoms with Gasteiger partial charge in [-0.05, 0) is 13.2 Å². The number of ether oxygens (including phenoxy) is 1. The molecule has 5 heteroatoms. The van der Waals surface area contributed by atoms with E-state index in [-0.39, 0.29) is 17.9 Å². The van der Waals surface area contributed by atoms with Gasteiger partial charge in [0.05, 0.1) is 19.3 Å². The standard InChI is InChI=1S/C9H21NO3S/c1-7(9(5-11)14-3)10-4-8(12)6-13-2/h7-12H,4-6H2,1-3H3. The van der Waals surface area contributed by atoms with Crippen LogP contribution in [0.3, 0.4) is 0 Å². The third kappa shape index (κ3) is 5.82. The molecule has 0 aliphatic heterocycles. The monoisotopic (exact) mass is 223 g/mol. The number of hydrogen-bond donors (Lipinski definition) is 3. The number of methoxy groups -OCH3 is 1. The van der Waals surface area contributed by atoms with Crippen molar-refractivity contribution in [1.82, 2.24) is 5.32 Å². The van der Waals surface area contributed by atoms with Crippen LogP contribution >= 0.6 is 11.8 Å². The molecule has 0 saturated heterocycles. The summed E-state index contributed by atoms with van der Waals surface area (Å²) >= 11 is 1.62. The maximum atomic E-state index is 9.37. The van der Waals surface area contributed by atoms with Crippen molar-refractivity contribution in [2.45, 2.75) is 24.3 Å². The molecule has 0 aliphatic carbocycles. The molecule has 0 radical (unpaired) electrons. The Kier molecular flexibility index (Phi) is 8.61. The van der Waals surface area contributed by atoms with Crippen molar-refractivity contribution in [1.29, 1.82) is 0 Å². The highest BCUT2D eigenvalue weighted by Gasteiger charge is 2.15. The Balaban J connectivity index is 3.65. The second-order valence-electron chi connectivity index (χ2n) is 3.26. The van der Waals surface area contributed by atoms with E-state index in [1.165, 1.54) is 0 Å². The van der Waals surface area contributed by atoms with Crippen molar-refractivity contribution >= 4 is 11.8 Å². The minimum Gasteiger partial charge on any atom is -0.395 e.